The van der Waals surface area contributed by atoms with Gasteiger partial charge in [0.25, 0.3) is 0 Å². The van der Waals surface area contributed by atoms with Crippen LogP contribution in [0.25, 0.3) is 0 Å². The fraction of sp³-hybridized carbons (Fsp3) is 0.467. The smallest absolute Gasteiger partial charge is 0.338 e. The average Bonchev–Trinajstić information content (AvgIpc) is 3.00. The van der Waals surface area contributed by atoms with Gasteiger partial charge in [0.1, 0.15) is 0 Å². The van der Waals surface area contributed by atoms with E-state index in [1.165, 1.54) is 0 Å². The summed E-state index contributed by atoms with van der Waals surface area (Å²) in [6, 6.07) is 6.65. The van der Waals surface area contributed by atoms with Crippen LogP contribution >= 0.6 is 0 Å². The Hall–Kier alpha value is -1.88. The Morgan fingerprint density at radius 3 is 2.70 bits per heavy atom. The number of carbonyl (C=O) groups excluding carboxylic acids is 2. The van der Waals surface area contributed by atoms with Crippen molar-refractivity contribution in [2.24, 2.45) is 0 Å². The maximum absolute atomic E-state index is 11.9. The second-order valence-electron chi connectivity index (χ2n) is 4.85. The van der Waals surface area contributed by atoms with Gasteiger partial charge in [-0.15, -0.1) is 0 Å². The van der Waals surface area contributed by atoms with E-state index >= 15 is 0 Å². The standard InChI is InChI=1S/C15H20N2O3/c1-2-10-20-15(19)11-5-7-12(8-6-11)17-14(18)13-4-3-9-16-13/h5-8,13,16H,2-4,9-10H2,1H3,(H,17,18)/t13-/m0/s1. The first-order valence-corrected chi connectivity index (χ1v) is 7.02. The summed E-state index contributed by atoms with van der Waals surface area (Å²) >= 11 is 0. The molecule has 0 aromatic heterocycles. The molecule has 0 unspecified atom stereocenters. The number of amides is 1. The van der Waals surface area contributed by atoms with Gasteiger partial charge in [0, 0.05) is 5.69 Å². The van der Waals surface area contributed by atoms with Crippen LogP contribution in [-0.2, 0) is 9.53 Å². The van der Waals surface area contributed by atoms with Crippen molar-refractivity contribution in [3.8, 4) is 0 Å². The third-order valence-corrected chi connectivity index (χ3v) is 3.20. The fourth-order valence-electron chi connectivity index (χ4n) is 2.11. The minimum Gasteiger partial charge on any atom is -0.462 e. The third kappa shape index (κ3) is 3.81. The Labute approximate surface area is 118 Å². The Morgan fingerprint density at radius 2 is 2.10 bits per heavy atom. The van der Waals surface area contributed by atoms with Crippen LogP contribution < -0.4 is 10.6 Å². The van der Waals surface area contributed by atoms with Gasteiger partial charge in [0.05, 0.1) is 18.2 Å². The third-order valence-electron chi connectivity index (χ3n) is 3.20. The molecule has 0 saturated carbocycles. The summed E-state index contributed by atoms with van der Waals surface area (Å²) in [5.74, 6) is -0.356. The molecule has 5 heteroatoms. The first kappa shape index (κ1) is 14.5. The highest BCUT2D eigenvalue weighted by atomic mass is 16.5. The first-order chi connectivity index (χ1) is 9.70. The van der Waals surface area contributed by atoms with E-state index < -0.39 is 0 Å². The van der Waals surface area contributed by atoms with Gasteiger partial charge in [-0.25, -0.2) is 4.79 Å². The van der Waals surface area contributed by atoms with E-state index in [1.54, 1.807) is 24.3 Å². The van der Waals surface area contributed by atoms with Gasteiger partial charge >= 0.3 is 5.97 Å². The van der Waals surface area contributed by atoms with Crippen molar-refractivity contribution in [1.29, 1.82) is 0 Å². The molecular formula is C15H20N2O3. The van der Waals surface area contributed by atoms with Gasteiger partial charge in [-0.2, -0.15) is 0 Å². The number of anilines is 1. The molecule has 2 N–H and O–H groups in total. The molecule has 1 aromatic carbocycles. The van der Waals surface area contributed by atoms with Crippen LogP contribution in [0.2, 0.25) is 0 Å². The summed E-state index contributed by atoms with van der Waals surface area (Å²) < 4.78 is 5.04. The molecule has 5 nitrogen and oxygen atoms in total. The number of hydrogen-bond acceptors (Lipinski definition) is 4. The fourth-order valence-corrected chi connectivity index (χ4v) is 2.11. The monoisotopic (exact) mass is 276 g/mol. The zero-order valence-electron chi connectivity index (χ0n) is 11.6. The van der Waals surface area contributed by atoms with Crippen molar-refractivity contribution in [3.63, 3.8) is 0 Å². The average molecular weight is 276 g/mol. The lowest BCUT2D eigenvalue weighted by Crippen LogP contribution is -2.35. The van der Waals surface area contributed by atoms with Crippen LogP contribution in [0.15, 0.2) is 24.3 Å². The zero-order chi connectivity index (χ0) is 14.4. The summed E-state index contributed by atoms with van der Waals surface area (Å²) in [6.07, 6.45) is 2.70. The van der Waals surface area contributed by atoms with Crippen LogP contribution in [0.1, 0.15) is 36.5 Å². The van der Waals surface area contributed by atoms with Crippen molar-refractivity contribution in [1.82, 2.24) is 5.32 Å². The van der Waals surface area contributed by atoms with Crippen molar-refractivity contribution in [2.45, 2.75) is 32.2 Å². The minimum absolute atomic E-state index is 0.0243. The molecule has 20 heavy (non-hydrogen) atoms. The predicted molar refractivity (Wildman–Crippen MR) is 76.7 cm³/mol. The number of rotatable bonds is 5. The van der Waals surface area contributed by atoms with E-state index in [9.17, 15) is 9.59 Å². The molecule has 1 aliphatic rings. The van der Waals surface area contributed by atoms with Crippen LogP contribution in [0.4, 0.5) is 5.69 Å². The van der Waals surface area contributed by atoms with E-state index in [4.69, 9.17) is 4.74 Å². The molecule has 1 amide bonds. The molecule has 1 aromatic rings. The molecule has 2 rings (SSSR count). The molecule has 1 aliphatic heterocycles. The minimum atomic E-state index is -0.331. The molecule has 108 valence electrons. The number of benzene rings is 1. The molecule has 0 spiro atoms. The molecule has 1 heterocycles. The Balaban J connectivity index is 1.90. The van der Waals surface area contributed by atoms with Crippen molar-refractivity contribution < 1.29 is 14.3 Å². The topological polar surface area (TPSA) is 67.4 Å². The summed E-state index contributed by atoms with van der Waals surface area (Å²) in [4.78, 5) is 23.5. The zero-order valence-corrected chi connectivity index (χ0v) is 11.6. The molecule has 0 bridgehead atoms. The number of esters is 1. The van der Waals surface area contributed by atoms with Crippen molar-refractivity contribution in [3.05, 3.63) is 29.8 Å². The number of nitrogens with one attached hydrogen (secondary N) is 2. The van der Waals surface area contributed by atoms with Crippen molar-refractivity contribution in [2.75, 3.05) is 18.5 Å². The highest BCUT2D eigenvalue weighted by Crippen LogP contribution is 2.13. The molecule has 1 atom stereocenters. The molecule has 0 aliphatic carbocycles. The summed E-state index contributed by atoms with van der Waals surface area (Å²) in [6.45, 7) is 3.26. The second-order valence-corrected chi connectivity index (χ2v) is 4.85. The lowest BCUT2D eigenvalue weighted by Gasteiger charge is -2.11. The number of carbonyl (C=O) groups is 2. The maximum atomic E-state index is 11.9. The molecule has 0 radical (unpaired) electrons. The van der Waals surface area contributed by atoms with Crippen LogP contribution in [0, 0.1) is 0 Å². The lowest BCUT2D eigenvalue weighted by atomic mass is 10.2. The number of hydrogen-bond donors (Lipinski definition) is 2. The van der Waals surface area contributed by atoms with Gasteiger partial charge < -0.3 is 15.4 Å². The molecule has 1 fully saturated rings. The quantitative estimate of drug-likeness (QED) is 0.807. The van der Waals surface area contributed by atoms with E-state index in [0.717, 1.165) is 25.8 Å². The Morgan fingerprint density at radius 1 is 1.35 bits per heavy atom. The van der Waals surface area contributed by atoms with E-state index in [1.807, 2.05) is 6.92 Å². The van der Waals surface area contributed by atoms with Gasteiger partial charge in [0.2, 0.25) is 5.91 Å². The highest BCUT2D eigenvalue weighted by Gasteiger charge is 2.21. The molecular weight excluding hydrogens is 256 g/mol. The first-order valence-electron chi connectivity index (χ1n) is 7.02. The normalized spacial score (nSPS) is 17.8. The largest absolute Gasteiger partial charge is 0.462 e. The van der Waals surface area contributed by atoms with E-state index in [-0.39, 0.29) is 17.9 Å². The van der Waals surface area contributed by atoms with Gasteiger partial charge in [-0.1, -0.05) is 6.92 Å². The van der Waals surface area contributed by atoms with Gasteiger partial charge in [-0.3, -0.25) is 4.79 Å². The summed E-state index contributed by atoms with van der Waals surface area (Å²) in [7, 11) is 0. The second kappa shape index (κ2) is 7.05. The summed E-state index contributed by atoms with van der Waals surface area (Å²) in [5.41, 5.74) is 1.19. The Kier molecular flexibility index (Phi) is 5.12. The van der Waals surface area contributed by atoms with E-state index in [2.05, 4.69) is 10.6 Å². The number of ether oxygens (including phenoxy) is 1. The van der Waals surface area contributed by atoms with Crippen LogP contribution in [0.3, 0.4) is 0 Å². The SMILES string of the molecule is CCCOC(=O)c1ccc(NC(=O)[C@@H]2CCCN2)cc1. The highest BCUT2D eigenvalue weighted by molar-refractivity contribution is 5.96. The van der Waals surface area contributed by atoms with Crippen LogP contribution in [0.5, 0.6) is 0 Å². The van der Waals surface area contributed by atoms with E-state index in [0.29, 0.717) is 17.9 Å². The van der Waals surface area contributed by atoms with Crippen molar-refractivity contribution >= 4 is 17.6 Å². The van der Waals surface area contributed by atoms with Gasteiger partial charge in [-0.05, 0) is 50.1 Å². The summed E-state index contributed by atoms with van der Waals surface area (Å²) in [5, 5.41) is 5.98. The predicted octanol–water partition coefficient (Wildman–Crippen LogP) is 1.94. The maximum Gasteiger partial charge on any atom is 0.338 e. The Bertz CT molecular complexity index is 465. The molecule has 1 saturated heterocycles. The lowest BCUT2D eigenvalue weighted by molar-refractivity contribution is -0.117. The van der Waals surface area contributed by atoms with Crippen LogP contribution in [-0.4, -0.2) is 31.1 Å². The van der Waals surface area contributed by atoms with Gasteiger partial charge in [0.15, 0.2) is 0 Å².